The van der Waals surface area contributed by atoms with Gasteiger partial charge in [0.25, 0.3) is 0 Å². The second kappa shape index (κ2) is 11.2. The SMILES string of the molecule is Cc1ccc(C(C)C)cc1OCc1c(C)nc(-c2ccc(F)cc2F)nc1N1CCN(CC(N)=O)CC1. The molecule has 196 valence electrons. The Balaban J connectivity index is 1.69. The number of aryl methyl sites for hydroxylation is 2. The molecular weight excluding hydrogens is 476 g/mol. The van der Waals surface area contributed by atoms with Gasteiger partial charge in [0.05, 0.1) is 23.4 Å². The molecular formula is C28H33F2N5O2. The lowest BCUT2D eigenvalue weighted by atomic mass is 10.0. The first kappa shape index (κ1) is 26.5. The van der Waals surface area contributed by atoms with E-state index in [2.05, 4.69) is 35.9 Å². The van der Waals surface area contributed by atoms with Crippen molar-refractivity contribution in [1.29, 1.82) is 0 Å². The summed E-state index contributed by atoms with van der Waals surface area (Å²) in [5.74, 6) is 0.235. The fourth-order valence-electron chi connectivity index (χ4n) is 4.42. The van der Waals surface area contributed by atoms with E-state index in [-0.39, 0.29) is 30.4 Å². The van der Waals surface area contributed by atoms with Crippen molar-refractivity contribution in [3.05, 3.63) is 70.4 Å². The number of rotatable bonds is 8. The second-order valence-electron chi connectivity index (χ2n) is 9.76. The number of hydrogen-bond donors (Lipinski definition) is 1. The number of halogens is 2. The van der Waals surface area contributed by atoms with Gasteiger partial charge in [-0.15, -0.1) is 0 Å². The van der Waals surface area contributed by atoms with E-state index in [9.17, 15) is 13.6 Å². The zero-order valence-electron chi connectivity index (χ0n) is 21.7. The van der Waals surface area contributed by atoms with Crippen LogP contribution in [-0.4, -0.2) is 53.5 Å². The van der Waals surface area contributed by atoms with Crippen molar-refractivity contribution in [2.24, 2.45) is 5.73 Å². The fraction of sp³-hybridized carbons (Fsp3) is 0.393. The van der Waals surface area contributed by atoms with Gasteiger partial charge in [-0.05, 0) is 49.1 Å². The number of carbonyl (C=O) groups is 1. The van der Waals surface area contributed by atoms with Crippen molar-refractivity contribution in [3.63, 3.8) is 0 Å². The minimum absolute atomic E-state index is 0.131. The van der Waals surface area contributed by atoms with Gasteiger partial charge in [0.1, 0.15) is 29.8 Å². The minimum atomic E-state index is -0.721. The summed E-state index contributed by atoms with van der Waals surface area (Å²) in [6.07, 6.45) is 0. The molecule has 4 rings (SSSR count). The molecule has 1 saturated heterocycles. The zero-order chi connectivity index (χ0) is 26.7. The molecule has 37 heavy (non-hydrogen) atoms. The molecule has 0 unspecified atom stereocenters. The van der Waals surface area contributed by atoms with Gasteiger partial charge < -0.3 is 15.4 Å². The number of amides is 1. The molecule has 9 heteroatoms. The Morgan fingerprint density at radius 2 is 1.78 bits per heavy atom. The van der Waals surface area contributed by atoms with E-state index in [4.69, 9.17) is 15.5 Å². The Bertz CT molecular complexity index is 1290. The highest BCUT2D eigenvalue weighted by molar-refractivity contribution is 5.76. The third-order valence-electron chi connectivity index (χ3n) is 6.67. The molecule has 2 N–H and O–H groups in total. The van der Waals surface area contributed by atoms with Crippen LogP contribution >= 0.6 is 0 Å². The molecule has 0 spiro atoms. The summed E-state index contributed by atoms with van der Waals surface area (Å²) in [5.41, 5.74) is 9.15. The summed E-state index contributed by atoms with van der Waals surface area (Å²) >= 11 is 0. The molecule has 1 aromatic heterocycles. The van der Waals surface area contributed by atoms with Crippen LogP contribution in [0, 0.1) is 25.5 Å². The molecule has 0 radical (unpaired) electrons. The van der Waals surface area contributed by atoms with E-state index in [0.717, 1.165) is 22.9 Å². The van der Waals surface area contributed by atoms with Crippen LogP contribution in [0.5, 0.6) is 5.75 Å². The van der Waals surface area contributed by atoms with E-state index in [1.54, 1.807) is 0 Å². The molecule has 1 fully saturated rings. The average molecular weight is 510 g/mol. The van der Waals surface area contributed by atoms with Crippen LogP contribution in [0.15, 0.2) is 36.4 Å². The molecule has 0 bridgehead atoms. The van der Waals surface area contributed by atoms with Gasteiger partial charge in [0.2, 0.25) is 5.91 Å². The van der Waals surface area contributed by atoms with E-state index in [1.165, 1.54) is 17.7 Å². The highest BCUT2D eigenvalue weighted by atomic mass is 19.1. The minimum Gasteiger partial charge on any atom is -0.488 e. The number of ether oxygens (including phenoxy) is 1. The first-order valence-corrected chi connectivity index (χ1v) is 12.4. The van der Waals surface area contributed by atoms with Crippen LogP contribution in [0.1, 0.15) is 42.1 Å². The fourth-order valence-corrected chi connectivity index (χ4v) is 4.42. The van der Waals surface area contributed by atoms with Crippen LogP contribution < -0.4 is 15.4 Å². The lowest BCUT2D eigenvalue weighted by Gasteiger charge is -2.36. The predicted molar refractivity (Wildman–Crippen MR) is 140 cm³/mol. The maximum Gasteiger partial charge on any atom is 0.231 e. The Labute approximate surface area is 216 Å². The Kier molecular flexibility index (Phi) is 8.02. The van der Waals surface area contributed by atoms with Crippen LogP contribution in [0.25, 0.3) is 11.4 Å². The summed E-state index contributed by atoms with van der Waals surface area (Å²) < 4.78 is 34.4. The van der Waals surface area contributed by atoms with E-state index < -0.39 is 11.6 Å². The van der Waals surface area contributed by atoms with E-state index in [1.807, 2.05) is 24.8 Å². The van der Waals surface area contributed by atoms with Gasteiger partial charge in [-0.3, -0.25) is 9.69 Å². The largest absolute Gasteiger partial charge is 0.488 e. The van der Waals surface area contributed by atoms with Gasteiger partial charge in [-0.2, -0.15) is 0 Å². The standard InChI is InChI=1S/C28H33F2N5O2/c1-17(2)20-6-5-18(3)25(13-20)37-16-23-19(4)32-27(22-8-7-21(29)14-24(22)30)33-28(23)35-11-9-34(10-12-35)15-26(31)36/h5-8,13-14,17H,9-12,15-16H2,1-4H3,(H2,31,36). The average Bonchev–Trinajstić information content (AvgIpc) is 2.84. The molecule has 2 aromatic carbocycles. The van der Waals surface area contributed by atoms with Gasteiger partial charge in [-0.1, -0.05) is 26.0 Å². The summed E-state index contributed by atoms with van der Waals surface area (Å²) in [5, 5.41) is 0. The van der Waals surface area contributed by atoms with Gasteiger partial charge in [0.15, 0.2) is 5.82 Å². The number of carbonyl (C=O) groups excluding carboxylic acids is 1. The van der Waals surface area contributed by atoms with Crippen LogP contribution in [0.4, 0.5) is 14.6 Å². The summed E-state index contributed by atoms with van der Waals surface area (Å²) in [6, 6.07) is 9.59. The smallest absolute Gasteiger partial charge is 0.231 e. The van der Waals surface area contributed by atoms with Crippen molar-refractivity contribution in [1.82, 2.24) is 14.9 Å². The number of anilines is 1. The predicted octanol–water partition coefficient (Wildman–Crippen LogP) is 4.35. The number of nitrogens with zero attached hydrogens (tertiary/aromatic N) is 4. The third kappa shape index (κ3) is 6.22. The van der Waals surface area contributed by atoms with Crippen LogP contribution in [-0.2, 0) is 11.4 Å². The topological polar surface area (TPSA) is 84.6 Å². The summed E-state index contributed by atoms with van der Waals surface area (Å²) in [7, 11) is 0. The van der Waals surface area contributed by atoms with Gasteiger partial charge in [0, 0.05) is 32.2 Å². The molecule has 7 nitrogen and oxygen atoms in total. The maximum absolute atomic E-state index is 14.6. The number of aromatic nitrogens is 2. The highest BCUT2D eigenvalue weighted by Gasteiger charge is 2.25. The number of hydrogen-bond acceptors (Lipinski definition) is 6. The quantitative estimate of drug-likeness (QED) is 0.486. The number of benzene rings is 2. The molecule has 3 aromatic rings. The van der Waals surface area contributed by atoms with Crippen molar-refractivity contribution in [3.8, 4) is 17.1 Å². The normalized spacial score (nSPS) is 14.3. The maximum atomic E-state index is 14.6. The highest BCUT2D eigenvalue weighted by Crippen LogP contribution is 2.30. The number of nitrogens with two attached hydrogens (primary N) is 1. The number of piperazine rings is 1. The molecule has 2 heterocycles. The monoisotopic (exact) mass is 509 g/mol. The molecule has 0 saturated carbocycles. The van der Waals surface area contributed by atoms with Crippen molar-refractivity contribution >= 4 is 11.7 Å². The first-order chi connectivity index (χ1) is 17.6. The van der Waals surface area contributed by atoms with Gasteiger partial charge in [-0.25, -0.2) is 18.7 Å². The molecule has 1 amide bonds. The summed E-state index contributed by atoms with van der Waals surface area (Å²) in [6.45, 7) is 11.0. The van der Waals surface area contributed by atoms with Gasteiger partial charge >= 0.3 is 0 Å². The first-order valence-electron chi connectivity index (χ1n) is 12.4. The van der Waals surface area contributed by atoms with Crippen molar-refractivity contribution in [2.75, 3.05) is 37.6 Å². The third-order valence-corrected chi connectivity index (χ3v) is 6.67. The zero-order valence-corrected chi connectivity index (χ0v) is 21.7. The van der Waals surface area contributed by atoms with E-state index >= 15 is 0 Å². The van der Waals surface area contributed by atoms with Crippen LogP contribution in [0.3, 0.4) is 0 Å². The van der Waals surface area contributed by atoms with Crippen molar-refractivity contribution < 1.29 is 18.3 Å². The Morgan fingerprint density at radius 3 is 2.43 bits per heavy atom. The Morgan fingerprint density at radius 1 is 1.05 bits per heavy atom. The van der Waals surface area contributed by atoms with Crippen molar-refractivity contribution in [2.45, 2.75) is 40.2 Å². The Hall–Kier alpha value is -3.59. The molecule has 1 aliphatic heterocycles. The summed E-state index contributed by atoms with van der Waals surface area (Å²) in [4.78, 5) is 24.8. The number of primary amides is 1. The molecule has 0 aliphatic carbocycles. The molecule has 0 atom stereocenters. The molecule has 1 aliphatic rings. The second-order valence-corrected chi connectivity index (χ2v) is 9.76. The van der Waals surface area contributed by atoms with Crippen LogP contribution in [0.2, 0.25) is 0 Å². The lowest BCUT2D eigenvalue weighted by Crippen LogP contribution is -2.49. The van der Waals surface area contributed by atoms with E-state index in [0.29, 0.717) is 43.6 Å². The lowest BCUT2D eigenvalue weighted by molar-refractivity contribution is -0.119.